The highest BCUT2D eigenvalue weighted by Crippen LogP contribution is 2.30. The fraction of sp³-hybridized carbons (Fsp3) is 0.185. The van der Waals surface area contributed by atoms with Crippen molar-refractivity contribution in [2.24, 2.45) is 4.99 Å². The van der Waals surface area contributed by atoms with Gasteiger partial charge in [-0.25, -0.2) is 9.79 Å². The molecule has 3 aromatic carbocycles. The van der Waals surface area contributed by atoms with Crippen LogP contribution in [0.5, 0.6) is 17.2 Å². The van der Waals surface area contributed by atoms with E-state index in [9.17, 15) is 4.79 Å². The molecule has 0 unspecified atom stereocenters. The second-order valence-corrected chi connectivity index (χ2v) is 7.58. The Kier molecular flexibility index (Phi) is 6.74. The summed E-state index contributed by atoms with van der Waals surface area (Å²) in [6.07, 6.45) is 1.67. The number of hydrogen-bond donors (Lipinski definition) is 0. The summed E-state index contributed by atoms with van der Waals surface area (Å²) in [5.41, 5.74) is 3.88. The molecule has 1 heterocycles. The highest BCUT2D eigenvalue weighted by atomic mass is 16.6. The number of hydrogen-bond acceptors (Lipinski definition) is 6. The zero-order valence-corrected chi connectivity index (χ0v) is 18.8. The fourth-order valence-electron chi connectivity index (χ4n) is 3.38. The predicted octanol–water partition coefficient (Wildman–Crippen LogP) is 5.11. The molecule has 6 nitrogen and oxygen atoms in total. The van der Waals surface area contributed by atoms with Gasteiger partial charge in [0.05, 0.1) is 7.11 Å². The number of para-hydroxylation sites is 1. The number of nitrogens with zero attached hydrogens (tertiary/aromatic N) is 1. The monoisotopic (exact) mass is 443 g/mol. The molecule has 0 fully saturated rings. The minimum absolute atomic E-state index is 0.230. The first kappa shape index (κ1) is 22.1. The number of carbonyl (C=O) groups excluding carboxylic acids is 1. The first-order chi connectivity index (χ1) is 16.0. The van der Waals surface area contributed by atoms with E-state index >= 15 is 0 Å². The van der Waals surface area contributed by atoms with Gasteiger partial charge in [-0.05, 0) is 61.4 Å². The van der Waals surface area contributed by atoms with E-state index in [-0.39, 0.29) is 5.70 Å². The topological polar surface area (TPSA) is 66.4 Å². The van der Waals surface area contributed by atoms with Crippen LogP contribution in [0.2, 0.25) is 0 Å². The molecule has 168 valence electrons. The van der Waals surface area contributed by atoms with Crippen LogP contribution in [0.3, 0.4) is 0 Å². The molecular formula is C27H25NO5. The molecule has 6 heteroatoms. The fourth-order valence-corrected chi connectivity index (χ4v) is 3.38. The molecule has 0 saturated heterocycles. The SMILES string of the molecule is COc1cc(/C=C2/N=C(c3cccc(C)c3)OC2=O)ccc1OCCOc1ccccc1C. The standard InChI is InChI=1S/C27H25NO5/c1-18-7-6-9-21(15-18)26-28-22(27(29)33-26)16-20-11-12-24(25(17-20)30-3)32-14-13-31-23-10-5-4-8-19(23)2/h4-12,15-17H,13-14H2,1-3H3/b22-16+. The van der Waals surface area contributed by atoms with Crippen LogP contribution in [0.25, 0.3) is 6.08 Å². The summed E-state index contributed by atoms with van der Waals surface area (Å²) in [6, 6.07) is 20.9. The van der Waals surface area contributed by atoms with Crippen LogP contribution in [-0.2, 0) is 9.53 Å². The summed E-state index contributed by atoms with van der Waals surface area (Å²) in [7, 11) is 1.57. The van der Waals surface area contributed by atoms with Crippen molar-refractivity contribution in [1.82, 2.24) is 0 Å². The van der Waals surface area contributed by atoms with E-state index in [0.717, 1.165) is 28.0 Å². The van der Waals surface area contributed by atoms with Gasteiger partial charge in [-0.1, -0.05) is 42.0 Å². The zero-order chi connectivity index (χ0) is 23.2. The van der Waals surface area contributed by atoms with Crippen molar-refractivity contribution in [1.29, 1.82) is 0 Å². The summed E-state index contributed by atoms with van der Waals surface area (Å²) in [4.78, 5) is 16.7. The Balaban J connectivity index is 1.43. The third kappa shape index (κ3) is 5.41. The summed E-state index contributed by atoms with van der Waals surface area (Å²) < 4.78 is 22.4. The lowest BCUT2D eigenvalue weighted by atomic mass is 10.1. The number of ether oxygens (including phenoxy) is 4. The van der Waals surface area contributed by atoms with E-state index in [2.05, 4.69) is 4.99 Å². The van der Waals surface area contributed by atoms with Gasteiger partial charge >= 0.3 is 5.97 Å². The van der Waals surface area contributed by atoms with Crippen molar-refractivity contribution in [3.8, 4) is 17.2 Å². The van der Waals surface area contributed by atoms with Crippen LogP contribution < -0.4 is 14.2 Å². The molecule has 0 amide bonds. The Bertz CT molecular complexity index is 1230. The van der Waals surface area contributed by atoms with Crippen molar-refractivity contribution in [2.75, 3.05) is 20.3 Å². The van der Waals surface area contributed by atoms with Crippen molar-refractivity contribution < 1.29 is 23.7 Å². The second kappa shape index (κ2) is 10.0. The Morgan fingerprint density at radius 3 is 2.42 bits per heavy atom. The Labute approximate surface area is 193 Å². The molecule has 0 spiro atoms. The van der Waals surface area contributed by atoms with Gasteiger partial charge in [0, 0.05) is 5.56 Å². The number of methoxy groups -OCH3 is 1. The maximum absolute atomic E-state index is 12.3. The number of cyclic esters (lactones) is 1. The number of aliphatic imine (C=N–C) groups is 1. The van der Waals surface area contributed by atoms with E-state index in [1.165, 1.54) is 0 Å². The number of benzene rings is 3. The van der Waals surface area contributed by atoms with Gasteiger partial charge in [0.15, 0.2) is 17.2 Å². The van der Waals surface area contributed by atoms with Crippen LogP contribution in [0.15, 0.2) is 77.4 Å². The summed E-state index contributed by atoms with van der Waals surface area (Å²) >= 11 is 0. The van der Waals surface area contributed by atoms with Crippen LogP contribution in [0, 0.1) is 13.8 Å². The smallest absolute Gasteiger partial charge is 0.363 e. The summed E-state index contributed by atoms with van der Waals surface area (Å²) in [6.45, 7) is 4.74. The summed E-state index contributed by atoms with van der Waals surface area (Å²) in [5.74, 6) is 1.79. The van der Waals surface area contributed by atoms with Crippen molar-refractivity contribution >= 4 is 17.9 Å². The van der Waals surface area contributed by atoms with Crippen LogP contribution >= 0.6 is 0 Å². The highest BCUT2D eigenvalue weighted by Gasteiger charge is 2.24. The lowest BCUT2D eigenvalue weighted by Crippen LogP contribution is -2.10. The lowest BCUT2D eigenvalue weighted by Gasteiger charge is -2.13. The molecule has 1 aliphatic rings. The molecule has 0 aliphatic carbocycles. The molecule has 0 N–H and O–H groups in total. The summed E-state index contributed by atoms with van der Waals surface area (Å²) in [5, 5.41) is 0. The molecule has 1 aliphatic heterocycles. The van der Waals surface area contributed by atoms with Crippen LogP contribution in [0.4, 0.5) is 0 Å². The Morgan fingerprint density at radius 2 is 1.67 bits per heavy atom. The average Bonchev–Trinajstić information content (AvgIpc) is 3.18. The van der Waals surface area contributed by atoms with Gasteiger partial charge in [-0.15, -0.1) is 0 Å². The predicted molar refractivity (Wildman–Crippen MR) is 127 cm³/mol. The molecule has 0 aromatic heterocycles. The number of rotatable bonds is 8. The largest absolute Gasteiger partial charge is 0.493 e. The van der Waals surface area contributed by atoms with Gasteiger partial charge in [-0.3, -0.25) is 0 Å². The van der Waals surface area contributed by atoms with Gasteiger partial charge in [0.2, 0.25) is 5.90 Å². The number of esters is 1. The molecule has 0 saturated carbocycles. The van der Waals surface area contributed by atoms with Crippen molar-refractivity contribution in [2.45, 2.75) is 13.8 Å². The normalized spacial score (nSPS) is 14.1. The minimum atomic E-state index is -0.487. The Morgan fingerprint density at radius 1 is 0.879 bits per heavy atom. The molecule has 3 aromatic rings. The molecular weight excluding hydrogens is 418 g/mol. The maximum Gasteiger partial charge on any atom is 0.363 e. The highest BCUT2D eigenvalue weighted by molar-refractivity contribution is 6.12. The van der Waals surface area contributed by atoms with E-state index in [0.29, 0.717) is 30.6 Å². The molecule has 0 atom stereocenters. The van der Waals surface area contributed by atoms with Crippen molar-refractivity contribution in [3.05, 3.63) is 94.7 Å². The number of carbonyl (C=O) groups is 1. The van der Waals surface area contributed by atoms with E-state index < -0.39 is 5.97 Å². The molecule has 0 bridgehead atoms. The molecule has 4 rings (SSSR count). The van der Waals surface area contributed by atoms with Crippen LogP contribution in [0.1, 0.15) is 22.3 Å². The minimum Gasteiger partial charge on any atom is -0.493 e. The van der Waals surface area contributed by atoms with Gasteiger partial charge < -0.3 is 18.9 Å². The second-order valence-electron chi connectivity index (χ2n) is 7.58. The molecule has 33 heavy (non-hydrogen) atoms. The van der Waals surface area contributed by atoms with E-state index in [1.807, 2.05) is 68.4 Å². The van der Waals surface area contributed by atoms with Gasteiger partial charge in [0.1, 0.15) is 19.0 Å². The third-order valence-electron chi connectivity index (χ3n) is 5.07. The number of aryl methyl sites for hydroxylation is 2. The first-order valence-electron chi connectivity index (χ1n) is 10.6. The van der Waals surface area contributed by atoms with Gasteiger partial charge in [-0.2, -0.15) is 0 Å². The zero-order valence-electron chi connectivity index (χ0n) is 18.8. The Hall–Kier alpha value is -4.06. The van der Waals surface area contributed by atoms with Crippen molar-refractivity contribution in [3.63, 3.8) is 0 Å². The average molecular weight is 443 g/mol. The lowest BCUT2D eigenvalue weighted by molar-refractivity contribution is -0.129. The van der Waals surface area contributed by atoms with E-state index in [4.69, 9.17) is 18.9 Å². The first-order valence-corrected chi connectivity index (χ1v) is 10.6. The third-order valence-corrected chi connectivity index (χ3v) is 5.07. The maximum atomic E-state index is 12.3. The molecule has 0 radical (unpaired) electrons. The quantitative estimate of drug-likeness (QED) is 0.275. The van der Waals surface area contributed by atoms with E-state index in [1.54, 1.807) is 25.3 Å². The van der Waals surface area contributed by atoms with Crippen LogP contribution in [-0.4, -0.2) is 32.2 Å². The van der Waals surface area contributed by atoms with Gasteiger partial charge in [0.25, 0.3) is 0 Å².